The summed E-state index contributed by atoms with van der Waals surface area (Å²) >= 11 is 0. The van der Waals surface area contributed by atoms with Gasteiger partial charge in [-0.3, -0.25) is 9.63 Å². The van der Waals surface area contributed by atoms with Gasteiger partial charge >= 0.3 is 5.97 Å². The quantitative estimate of drug-likeness (QED) is 0.493. The minimum atomic E-state index is -0.892. The van der Waals surface area contributed by atoms with Crippen molar-refractivity contribution < 1.29 is 14.7 Å². The van der Waals surface area contributed by atoms with E-state index in [1.807, 2.05) is 30.3 Å². The SMILES string of the molecule is CCCCCCCCON(CC(=O)O)c1ccccc1. The minimum Gasteiger partial charge on any atom is -0.480 e. The first-order chi connectivity index (χ1) is 9.74. The molecule has 1 aromatic rings. The maximum atomic E-state index is 10.9. The molecule has 0 bridgehead atoms. The summed E-state index contributed by atoms with van der Waals surface area (Å²) < 4.78 is 0. The highest BCUT2D eigenvalue weighted by molar-refractivity contribution is 5.72. The first-order valence-corrected chi connectivity index (χ1v) is 7.41. The Hall–Kier alpha value is -1.55. The van der Waals surface area contributed by atoms with Gasteiger partial charge in [-0.2, -0.15) is 0 Å². The lowest BCUT2D eigenvalue weighted by atomic mass is 10.1. The Kier molecular flexibility index (Phi) is 8.47. The van der Waals surface area contributed by atoms with Crippen LogP contribution in [0.3, 0.4) is 0 Å². The molecule has 4 heteroatoms. The Morgan fingerprint density at radius 1 is 1.10 bits per heavy atom. The second-order valence-electron chi connectivity index (χ2n) is 4.87. The lowest BCUT2D eigenvalue weighted by molar-refractivity contribution is -0.136. The highest BCUT2D eigenvalue weighted by Crippen LogP contribution is 2.14. The number of aliphatic carboxylic acids is 1. The molecule has 1 N–H and O–H groups in total. The molecule has 0 amide bonds. The zero-order valence-electron chi connectivity index (χ0n) is 12.3. The van der Waals surface area contributed by atoms with E-state index < -0.39 is 5.97 Å². The molecule has 0 aliphatic rings. The standard InChI is InChI=1S/C16H25NO3/c1-2-3-4-5-6-10-13-20-17(14-16(18)19)15-11-8-7-9-12-15/h7-9,11-12H,2-6,10,13-14H2,1H3,(H,18,19). The summed E-state index contributed by atoms with van der Waals surface area (Å²) in [6.07, 6.45) is 7.13. The number of rotatable bonds is 11. The molecule has 1 aromatic carbocycles. The van der Waals surface area contributed by atoms with Crippen molar-refractivity contribution in [2.24, 2.45) is 0 Å². The van der Waals surface area contributed by atoms with Gasteiger partial charge in [0.15, 0.2) is 0 Å². The van der Waals surface area contributed by atoms with Crippen LogP contribution in [0.5, 0.6) is 0 Å². The van der Waals surface area contributed by atoms with E-state index in [1.165, 1.54) is 30.7 Å². The number of carboxylic acids is 1. The summed E-state index contributed by atoms with van der Waals surface area (Å²) in [5, 5.41) is 10.4. The van der Waals surface area contributed by atoms with Crippen molar-refractivity contribution in [3.05, 3.63) is 30.3 Å². The van der Waals surface area contributed by atoms with Gasteiger partial charge in [0.05, 0.1) is 12.3 Å². The molecule has 1 rings (SSSR count). The Balaban J connectivity index is 2.29. The Morgan fingerprint density at radius 2 is 1.75 bits per heavy atom. The Labute approximate surface area is 121 Å². The molecule has 0 aliphatic heterocycles. The fourth-order valence-electron chi connectivity index (χ4n) is 1.99. The third-order valence-electron chi connectivity index (χ3n) is 3.07. The molecule has 0 radical (unpaired) electrons. The van der Waals surface area contributed by atoms with Gasteiger partial charge in [-0.1, -0.05) is 57.2 Å². The molecule has 0 atom stereocenters. The van der Waals surface area contributed by atoms with Gasteiger partial charge in [0, 0.05) is 0 Å². The Bertz CT molecular complexity index is 367. The number of nitrogens with zero attached hydrogens (tertiary/aromatic N) is 1. The van der Waals surface area contributed by atoms with E-state index >= 15 is 0 Å². The molecule has 0 unspecified atom stereocenters. The van der Waals surface area contributed by atoms with Crippen LogP contribution >= 0.6 is 0 Å². The van der Waals surface area contributed by atoms with E-state index in [4.69, 9.17) is 9.94 Å². The first-order valence-electron chi connectivity index (χ1n) is 7.41. The molecular weight excluding hydrogens is 254 g/mol. The van der Waals surface area contributed by atoms with Crippen LogP contribution in [0.15, 0.2) is 30.3 Å². The number of benzene rings is 1. The number of hydrogen-bond acceptors (Lipinski definition) is 3. The molecule has 20 heavy (non-hydrogen) atoms. The maximum Gasteiger partial charge on any atom is 0.325 e. The van der Waals surface area contributed by atoms with Crippen LogP contribution in [-0.2, 0) is 9.63 Å². The van der Waals surface area contributed by atoms with Crippen LogP contribution < -0.4 is 5.06 Å². The highest BCUT2D eigenvalue weighted by Gasteiger charge is 2.10. The predicted molar refractivity (Wildman–Crippen MR) is 80.8 cm³/mol. The van der Waals surface area contributed by atoms with E-state index in [9.17, 15) is 4.79 Å². The van der Waals surface area contributed by atoms with Crippen LogP contribution in [-0.4, -0.2) is 24.2 Å². The van der Waals surface area contributed by atoms with Gasteiger partial charge in [0.1, 0.15) is 6.54 Å². The summed E-state index contributed by atoms with van der Waals surface area (Å²) in [4.78, 5) is 16.5. The van der Waals surface area contributed by atoms with Crippen LogP contribution in [0.4, 0.5) is 5.69 Å². The summed E-state index contributed by atoms with van der Waals surface area (Å²) in [7, 11) is 0. The van der Waals surface area contributed by atoms with E-state index in [-0.39, 0.29) is 6.54 Å². The molecule has 0 aromatic heterocycles. The molecule has 0 saturated carbocycles. The largest absolute Gasteiger partial charge is 0.480 e. The van der Waals surface area contributed by atoms with Crippen molar-refractivity contribution in [3.63, 3.8) is 0 Å². The van der Waals surface area contributed by atoms with E-state index in [0.29, 0.717) is 6.61 Å². The molecule has 0 fully saturated rings. The second-order valence-corrected chi connectivity index (χ2v) is 4.87. The van der Waals surface area contributed by atoms with E-state index in [1.54, 1.807) is 0 Å². The fourth-order valence-corrected chi connectivity index (χ4v) is 1.99. The zero-order valence-corrected chi connectivity index (χ0v) is 12.3. The van der Waals surface area contributed by atoms with Crippen molar-refractivity contribution in [1.82, 2.24) is 0 Å². The van der Waals surface area contributed by atoms with Crippen molar-refractivity contribution in [1.29, 1.82) is 0 Å². The topological polar surface area (TPSA) is 49.8 Å². The van der Waals surface area contributed by atoms with Gasteiger partial charge in [-0.25, -0.2) is 5.06 Å². The fraction of sp³-hybridized carbons (Fsp3) is 0.562. The number of carbonyl (C=O) groups is 1. The molecule has 0 saturated heterocycles. The van der Waals surface area contributed by atoms with Gasteiger partial charge in [-0.05, 0) is 18.6 Å². The van der Waals surface area contributed by atoms with Crippen LogP contribution in [0.2, 0.25) is 0 Å². The number of hydroxylamine groups is 1. The molecule has 0 heterocycles. The zero-order chi connectivity index (χ0) is 14.6. The van der Waals surface area contributed by atoms with E-state index in [0.717, 1.165) is 18.5 Å². The molecule has 0 spiro atoms. The number of para-hydroxylation sites is 1. The average molecular weight is 279 g/mol. The van der Waals surface area contributed by atoms with Gasteiger partial charge < -0.3 is 5.11 Å². The summed E-state index contributed by atoms with van der Waals surface area (Å²) in [5.41, 5.74) is 0.779. The number of unbranched alkanes of at least 4 members (excludes halogenated alkanes) is 5. The van der Waals surface area contributed by atoms with Gasteiger partial charge in [0.2, 0.25) is 0 Å². The first kappa shape index (κ1) is 16.5. The van der Waals surface area contributed by atoms with Crippen LogP contribution in [0, 0.1) is 0 Å². The summed E-state index contributed by atoms with van der Waals surface area (Å²) in [6, 6.07) is 9.35. The predicted octanol–water partition coefficient (Wildman–Crippen LogP) is 3.87. The summed E-state index contributed by atoms with van der Waals surface area (Å²) in [5.74, 6) is -0.892. The normalized spacial score (nSPS) is 10.4. The number of carboxylic acid groups (broad SMARTS) is 1. The molecule has 4 nitrogen and oxygen atoms in total. The minimum absolute atomic E-state index is 0.139. The molecular formula is C16H25NO3. The molecule has 112 valence electrons. The van der Waals surface area contributed by atoms with Crippen molar-refractivity contribution >= 4 is 11.7 Å². The third-order valence-corrected chi connectivity index (χ3v) is 3.07. The number of hydrogen-bond donors (Lipinski definition) is 1. The lowest BCUT2D eigenvalue weighted by Crippen LogP contribution is -2.30. The average Bonchev–Trinajstić information content (AvgIpc) is 2.45. The van der Waals surface area contributed by atoms with E-state index in [2.05, 4.69) is 6.92 Å². The van der Waals surface area contributed by atoms with Crippen molar-refractivity contribution in [3.8, 4) is 0 Å². The van der Waals surface area contributed by atoms with Crippen molar-refractivity contribution in [2.75, 3.05) is 18.2 Å². The van der Waals surface area contributed by atoms with Crippen molar-refractivity contribution in [2.45, 2.75) is 45.4 Å². The summed E-state index contributed by atoms with van der Waals surface area (Å²) in [6.45, 7) is 2.63. The number of anilines is 1. The highest BCUT2D eigenvalue weighted by atomic mass is 16.7. The van der Waals surface area contributed by atoms with Crippen LogP contribution in [0.1, 0.15) is 45.4 Å². The van der Waals surface area contributed by atoms with Gasteiger partial charge in [0.25, 0.3) is 0 Å². The third kappa shape index (κ3) is 7.14. The maximum absolute atomic E-state index is 10.9. The monoisotopic (exact) mass is 279 g/mol. The lowest BCUT2D eigenvalue weighted by Gasteiger charge is -2.22. The smallest absolute Gasteiger partial charge is 0.325 e. The molecule has 0 aliphatic carbocycles. The van der Waals surface area contributed by atoms with Crippen LogP contribution in [0.25, 0.3) is 0 Å². The second kappa shape index (κ2) is 10.3. The van der Waals surface area contributed by atoms with Gasteiger partial charge in [-0.15, -0.1) is 0 Å². The Morgan fingerprint density at radius 3 is 2.40 bits per heavy atom.